The monoisotopic (exact) mass is 527 g/mol. The quantitative estimate of drug-likeness (QED) is 0.190. The highest BCUT2D eigenvalue weighted by atomic mass is 16.5. The molecule has 39 heavy (non-hydrogen) atoms. The molecule has 0 spiro atoms. The van der Waals surface area contributed by atoms with Crippen LogP contribution < -0.4 is 15.0 Å². The zero-order valence-electron chi connectivity index (χ0n) is 23.0. The Kier molecular flexibility index (Phi) is 9.73. The Morgan fingerprint density at radius 1 is 0.923 bits per heavy atom. The largest absolute Gasteiger partial charge is 0.495 e. The summed E-state index contributed by atoms with van der Waals surface area (Å²) < 4.78 is 13.1. The number of aromatic nitrogens is 2. The number of carbonyl (C=O) groups excluding carboxylic acids is 1. The van der Waals surface area contributed by atoms with E-state index < -0.39 is 6.04 Å². The number of ether oxygens (including phenoxy) is 2. The number of unbranched alkanes of at least 4 members (excludes halogenated alkanes) is 3. The minimum atomic E-state index is -0.444. The number of carbonyl (C=O) groups is 1. The zero-order valence-corrected chi connectivity index (χ0v) is 23.0. The number of nitrogens with zero attached hydrogens (tertiary/aromatic N) is 3. The van der Waals surface area contributed by atoms with E-state index >= 15 is 0 Å². The Morgan fingerprint density at radius 2 is 1.64 bits per heavy atom. The molecule has 0 fully saturated rings. The Balaban J connectivity index is 1.81. The number of para-hydroxylation sites is 4. The fourth-order valence-corrected chi connectivity index (χ4v) is 4.87. The molecule has 4 aromatic rings. The second-order valence-corrected chi connectivity index (χ2v) is 9.47. The summed E-state index contributed by atoms with van der Waals surface area (Å²) in [5.41, 5.74) is 0.995. The predicted molar refractivity (Wildman–Crippen MR) is 155 cm³/mol. The maximum atomic E-state index is 14.0. The van der Waals surface area contributed by atoms with Crippen LogP contribution in [-0.2, 0) is 4.79 Å². The molecule has 0 saturated heterocycles. The molecule has 0 aliphatic carbocycles. The molecular formula is C32H37N3O4. The molecule has 0 saturated carbocycles. The van der Waals surface area contributed by atoms with Crippen LogP contribution in [0, 0.1) is 0 Å². The van der Waals surface area contributed by atoms with Crippen LogP contribution in [0.3, 0.4) is 0 Å². The van der Waals surface area contributed by atoms with Crippen molar-refractivity contribution in [2.24, 2.45) is 0 Å². The highest BCUT2D eigenvalue weighted by Crippen LogP contribution is 2.30. The third kappa shape index (κ3) is 6.48. The van der Waals surface area contributed by atoms with E-state index in [-0.39, 0.29) is 18.1 Å². The van der Waals surface area contributed by atoms with Crippen LogP contribution in [0.15, 0.2) is 83.7 Å². The van der Waals surface area contributed by atoms with Gasteiger partial charge < -0.3 is 14.4 Å². The SMILES string of the molecule is CCCCCCN(C(=O)COc1ccccc1)C(CC)c1nc2ccccc2c(=O)n1-c1ccccc1OC. The molecule has 0 aliphatic rings. The molecule has 7 heteroatoms. The Hall–Kier alpha value is -4.13. The molecule has 1 amide bonds. The van der Waals surface area contributed by atoms with Gasteiger partial charge in [0.25, 0.3) is 11.5 Å². The van der Waals surface area contributed by atoms with E-state index in [0.717, 1.165) is 25.7 Å². The highest BCUT2D eigenvalue weighted by Gasteiger charge is 2.29. The van der Waals surface area contributed by atoms with Gasteiger partial charge in [0.15, 0.2) is 6.61 Å². The molecule has 0 bridgehead atoms. The van der Waals surface area contributed by atoms with Crippen LogP contribution in [0.1, 0.15) is 57.8 Å². The number of hydrogen-bond donors (Lipinski definition) is 0. The second-order valence-electron chi connectivity index (χ2n) is 9.47. The fourth-order valence-electron chi connectivity index (χ4n) is 4.87. The van der Waals surface area contributed by atoms with Gasteiger partial charge in [-0.3, -0.25) is 14.2 Å². The molecule has 1 unspecified atom stereocenters. The first-order chi connectivity index (χ1) is 19.1. The molecule has 204 valence electrons. The van der Waals surface area contributed by atoms with E-state index in [4.69, 9.17) is 14.5 Å². The first kappa shape index (κ1) is 27.9. The van der Waals surface area contributed by atoms with Gasteiger partial charge in [0.2, 0.25) is 0 Å². The van der Waals surface area contributed by atoms with Gasteiger partial charge in [-0.15, -0.1) is 0 Å². The summed E-state index contributed by atoms with van der Waals surface area (Å²) in [4.78, 5) is 34.5. The first-order valence-electron chi connectivity index (χ1n) is 13.7. The number of fused-ring (bicyclic) bond motifs is 1. The molecule has 1 aromatic heterocycles. The maximum Gasteiger partial charge on any atom is 0.266 e. The van der Waals surface area contributed by atoms with Crippen molar-refractivity contribution in [3.63, 3.8) is 0 Å². The van der Waals surface area contributed by atoms with Crippen LogP contribution >= 0.6 is 0 Å². The van der Waals surface area contributed by atoms with Crippen molar-refractivity contribution in [3.05, 3.63) is 95.0 Å². The van der Waals surface area contributed by atoms with Crippen molar-refractivity contribution >= 4 is 16.8 Å². The van der Waals surface area contributed by atoms with E-state index in [9.17, 15) is 9.59 Å². The van der Waals surface area contributed by atoms with Gasteiger partial charge in [-0.2, -0.15) is 0 Å². The first-order valence-corrected chi connectivity index (χ1v) is 13.7. The van der Waals surface area contributed by atoms with Gasteiger partial charge in [-0.05, 0) is 49.2 Å². The second kappa shape index (κ2) is 13.6. The minimum Gasteiger partial charge on any atom is -0.495 e. The molecule has 3 aromatic carbocycles. The number of amides is 1. The van der Waals surface area contributed by atoms with Gasteiger partial charge in [-0.25, -0.2) is 4.98 Å². The van der Waals surface area contributed by atoms with E-state index in [0.29, 0.717) is 46.9 Å². The number of hydrogen-bond acceptors (Lipinski definition) is 5. The molecule has 4 rings (SSSR count). The zero-order chi connectivity index (χ0) is 27.6. The summed E-state index contributed by atoms with van der Waals surface area (Å²) in [5, 5.41) is 0.509. The van der Waals surface area contributed by atoms with Gasteiger partial charge >= 0.3 is 0 Å². The topological polar surface area (TPSA) is 73.7 Å². The molecule has 1 atom stereocenters. The molecule has 1 heterocycles. The van der Waals surface area contributed by atoms with Crippen LogP contribution in [0.5, 0.6) is 11.5 Å². The number of methoxy groups -OCH3 is 1. The van der Waals surface area contributed by atoms with Crippen molar-refractivity contribution in [3.8, 4) is 17.2 Å². The third-order valence-electron chi connectivity index (χ3n) is 6.87. The lowest BCUT2D eigenvalue weighted by Crippen LogP contribution is -2.41. The van der Waals surface area contributed by atoms with Crippen molar-refractivity contribution in [1.29, 1.82) is 0 Å². The smallest absolute Gasteiger partial charge is 0.266 e. The number of benzene rings is 3. The summed E-state index contributed by atoms with van der Waals surface area (Å²) in [7, 11) is 1.58. The lowest BCUT2D eigenvalue weighted by atomic mass is 10.1. The van der Waals surface area contributed by atoms with Crippen LogP contribution in [0.25, 0.3) is 16.6 Å². The lowest BCUT2D eigenvalue weighted by Gasteiger charge is -2.32. The predicted octanol–water partition coefficient (Wildman–Crippen LogP) is 6.33. The highest BCUT2D eigenvalue weighted by molar-refractivity contribution is 5.80. The van der Waals surface area contributed by atoms with Crippen LogP contribution in [-0.4, -0.2) is 40.6 Å². The molecule has 7 nitrogen and oxygen atoms in total. The van der Waals surface area contributed by atoms with Crippen molar-refractivity contribution in [2.75, 3.05) is 20.3 Å². The average Bonchev–Trinajstić information content (AvgIpc) is 2.98. The van der Waals surface area contributed by atoms with E-state index in [1.165, 1.54) is 0 Å². The summed E-state index contributed by atoms with van der Waals surface area (Å²) in [5.74, 6) is 1.56. The minimum absolute atomic E-state index is 0.0965. The van der Waals surface area contributed by atoms with Gasteiger partial charge in [0.05, 0.1) is 29.7 Å². The van der Waals surface area contributed by atoms with E-state index in [2.05, 4.69) is 6.92 Å². The Labute approximate surface area is 230 Å². The van der Waals surface area contributed by atoms with E-state index in [1.54, 1.807) is 17.7 Å². The fraction of sp³-hybridized carbons (Fsp3) is 0.344. The molecule has 0 aliphatic heterocycles. The van der Waals surface area contributed by atoms with Crippen molar-refractivity contribution < 1.29 is 14.3 Å². The maximum absolute atomic E-state index is 14.0. The molecule has 0 N–H and O–H groups in total. The number of rotatable bonds is 13. The molecule has 0 radical (unpaired) electrons. The normalized spacial score (nSPS) is 11.8. The summed E-state index contributed by atoms with van der Waals surface area (Å²) in [6.45, 7) is 4.63. The Morgan fingerprint density at radius 3 is 2.38 bits per heavy atom. The van der Waals surface area contributed by atoms with Gasteiger partial charge in [0.1, 0.15) is 17.3 Å². The van der Waals surface area contributed by atoms with E-state index in [1.807, 2.05) is 84.6 Å². The van der Waals surface area contributed by atoms with Crippen molar-refractivity contribution in [1.82, 2.24) is 14.5 Å². The third-order valence-corrected chi connectivity index (χ3v) is 6.87. The average molecular weight is 528 g/mol. The van der Waals surface area contributed by atoms with Crippen molar-refractivity contribution in [2.45, 2.75) is 52.0 Å². The van der Waals surface area contributed by atoms with Crippen LogP contribution in [0.2, 0.25) is 0 Å². The van der Waals surface area contributed by atoms with Gasteiger partial charge in [-0.1, -0.05) is 75.6 Å². The summed E-state index contributed by atoms with van der Waals surface area (Å²) in [6.07, 6.45) is 4.64. The summed E-state index contributed by atoms with van der Waals surface area (Å²) in [6, 6.07) is 23.6. The summed E-state index contributed by atoms with van der Waals surface area (Å²) >= 11 is 0. The Bertz CT molecular complexity index is 1430. The molecular weight excluding hydrogens is 490 g/mol. The lowest BCUT2D eigenvalue weighted by molar-refractivity contribution is -0.136. The standard InChI is InChI=1S/C32H37N3O4/c1-4-6-7-15-22-34(30(36)23-39-24-16-9-8-10-17-24)27(5-2)31-33-26-19-12-11-18-25(26)32(37)35(31)28-20-13-14-21-29(28)38-3/h8-14,16-21,27H,4-7,15,22-23H2,1-3H3. The van der Waals surface area contributed by atoms with Crippen LogP contribution in [0.4, 0.5) is 0 Å². The van der Waals surface area contributed by atoms with Gasteiger partial charge in [0, 0.05) is 6.54 Å².